The SMILES string of the molecule is CC(C)O.O.O.O.[Ti].[Ti]. The summed E-state index contributed by atoms with van der Waals surface area (Å²) in [6.45, 7) is 3.44. The van der Waals surface area contributed by atoms with Gasteiger partial charge in [-0.1, -0.05) is 0 Å². The fourth-order valence-electron chi connectivity index (χ4n) is 0. The molecule has 0 spiro atoms. The van der Waals surface area contributed by atoms with Gasteiger partial charge in [0.2, 0.25) is 0 Å². The van der Waals surface area contributed by atoms with Gasteiger partial charge in [-0.15, -0.1) is 0 Å². The number of hydrogen-bond donors (Lipinski definition) is 1. The van der Waals surface area contributed by atoms with Gasteiger partial charge >= 0.3 is 0 Å². The molecule has 0 amide bonds. The summed E-state index contributed by atoms with van der Waals surface area (Å²) in [6.07, 6.45) is -0.167. The van der Waals surface area contributed by atoms with Crippen LogP contribution in [0.2, 0.25) is 0 Å². The van der Waals surface area contributed by atoms with Crippen LogP contribution in [0.15, 0.2) is 0 Å². The van der Waals surface area contributed by atoms with Crippen molar-refractivity contribution in [2.24, 2.45) is 0 Å². The predicted octanol–water partition coefficient (Wildman–Crippen LogP) is -2.09. The van der Waals surface area contributed by atoms with Gasteiger partial charge in [-0.05, 0) is 13.8 Å². The van der Waals surface area contributed by atoms with Gasteiger partial charge < -0.3 is 21.5 Å². The molecule has 0 aliphatic rings. The Morgan fingerprint density at radius 3 is 0.889 bits per heavy atom. The number of aliphatic hydroxyl groups excluding tert-OH is 1. The molecule has 9 heavy (non-hydrogen) atoms. The van der Waals surface area contributed by atoms with Crippen molar-refractivity contribution in [3.05, 3.63) is 0 Å². The summed E-state index contributed by atoms with van der Waals surface area (Å²) in [5, 5.41) is 8.06. The van der Waals surface area contributed by atoms with Gasteiger partial charge in [-0.3, -0.25) is 0 Å². The van der Waals surface area contributed by atoms with Crippen molar-refractivity contribution >= 4 is 0 Å². The van der Waals surface area contributed by atoms with Crippen molar-refractivity contribution < 1.29 is 65.0 Å². The van der Waals surface area contributed by atoms with Crippen LogP contribution in [-0.2, 0) is 43.4 Å². The van der Waals surface area contributed by atoms with Crippen LogP contribution in [0.1, 0.15) is 13.8 Å². The predicted molar refractivity (Wildman–Crippen MR) is 28.2 cm³/mol. The number of hydrogen-bond acceptors (Lipinski definition) is 1. The van der Waals surface area contributed by atoms with Crippen LogP contribution in [0.5, 0.6) is 0 Å². The first-order valence-corrected chi connectivity index (χ1v) is 1.41. The van der Waals surface area contributed by atoms with Gasteiger partial charge in [0.25, 0.3) is 0 Å². The van der Waals surface area contributed by atoms with Crippen molar-refractivity contribution in [2.45, 2.75) is 20.0 Å². The Morgan fingerprint density at radius 2 is 0.889 bits per heavy atom. The van der Waals surface area contributed by atoms with E-state index in [9.17, 15) is 0 Å². The Bertz CT molecular complexity index is 18.5. The first kappa shape index (κ1) is 48.4. The summed E-state index contributed by atoms with van der Waals surface area (Å²) in [4.78, 5) is 0. The van der Waals surface area contributed by atoms with Gasteiger partial charge in [0.05, 0.1) is 0 Å². The van der Waals surface area contributed by atoms with Gasteiger partial charge in [-0.25, -0.2) is 0 Å². The molecule has 0 atom stereocenters. The van der Waals surface area contributed by atoms with Gasteiger partial charge in [0.15, 0.2) is 0 Å². The van der Waals surface area contributed by atoms with Crippen molar-refractivity contribution in [1.29, 1.82) is 0 Å². The van der Waals surface area contributed by atoms with Crippen LogP contribution in [0, 0.1) is 0 Å². The molecule has 0 fully saturated rings. The molecule has 58 valence electrons. The smallest absolute Gasteiger partial charge is 0.0483 e. The molecule has 0 unspecified atom stereocenters. The van der Waals surface area contributed by atoms with Crippen LogP contribution in [0.25, 0.3) is 0 Å². The molecule has 0 rings (SSSR count). The quantitative estimate of drug-likeness (QED) is 0.453. The largest absolute Gasteiger partial charge is 0.412 e. The molecule has 0 radical (unpaired) electrons. The molecule has 0 aliphatic heterocycles. The van der Waals surface area contributed by atoms with E-state index >= 15 is 0 Å². The van der Waals surface area contributed by atoms with E-state index in [1.165, 1.54) is 0 Å². The minimum absolute atomic E-state index is 0. The zero-order chi connectivity index (χ0) is 3.58. The molecule has 0 aliphatic carbocycles. The molecule has 7 N–H and O–H groups in total. The maximum Gasteiger partial charge on any atom is 0.0483 e. The van der Waals surface area contributed by atoms with E-state index in [2.05, 4.69) is 0 Å². The average molecular weight is 210 g/mol. The van der Waals surface area contributed by atoms with E-state index in [-0.39, 0.29) is 66.0 Å². The fraction of sp³-hybridized carbons (Fsp3) is 1.00. The molecule has 0 aromatic carbocycles. The summed E-state index contributed by atoms with van der Waals surface area (Å²) in [7, 11) is 0. The van der Waals surface area contributed by atoms with Crippen molar-refractivity contribution in [3.63, 3.8) is 0 Å². The number of aliphatic hydroxyl groups is 1. The summed E-state index contributed by atoms with van der Waals surface area (Å²) in [6, 6.07) is 0. The monoisotopic (exact) mass is 210 g/mol. The maximum atomic E-state index is 8.06. The van der Waals surface area contributed by atoms with E-state index < -0.39 is 0 Å². The Morgan fingerprint density at radius 1 is 0.889 bits per heavy atom. The molecule has 0 aromatic rings. The molecule has 0 aromatic heterocycles. The second-order valence-electron chi connectivity index (χ2n) is 1.09. The second kappa shape index (κ2) is 34.8. The third-order valence-corrected chi connectivity index (χ3v) is 0. The van der Waals surface area contributed by atoms with Crippen LogP contribution < -0.4 is 0 Å². The topological polar surface area (TPSA) is 115 Å². The first-order chi connectivity index (χ1) is 1.73. The Kier molecular flexibility index (Phi) is 187. The van der Waals surface area contributed by atoms with Gasteiger partial charge in [0, 0.05) is 49.5 Å². The molecule has 0 saturated carbocycles. The fourth-order valence-corrected chi connectivity index (χ4v) is 0. The van der Waals surface area contributed by atoms with Crippen molar-refractivity contribution in [2.75, 3.05) is 0 Å². The third kappa shape index (κ3) is 304. The zero-order valence-electron chi connectivity index (χ0n) is 5.52. The number of rotatable bonds is 0. The van der Waals surface area contributed by atoms with E-state index in [0.717, 1.165) is 0 Å². The van der Waals surface area contributed by atoms with E-state index in [0.29, 0.717) is 0 Å². The van der Waals surface area contributed by atoms with E-state index in [1.807, 2.05) is 0 Å². The van der Waals surface area contributed by atoms with Crippen molar-refractivity contribution in [3.8, 4) is 0 Å². The molecule has 0 bridgehead atoms. The molecule has 0 heterocycles. The Balaban J connectivity index is -0.00000000450. The molecular weight excluding hydrogens is 196 g/mol. The second-order valence-corrected chi connectivity index (χ2v) is 1.09. The maximum absolute atomic E-state index is 8.06. The van der Waals surface area contributed by atoms with Gasteiger partial charge in [0.1, 0.15) is 0 Å². The van der Waals surface area contributed by atoms with Crippen LogP contribution in [0.3, 0.4) is 0 Å². The molecular formula is C3H14O4Ti2. The Labute approximate surface area is 84.7 Å². The van der Waals surface area contributed by atoms with Crippen LogP contribution >= 0.6 is 0 Å². The molecule has 6 heteroatoms. The molecule has 0 saturated heterocycles. The standard InChI is InChI=1S/C3H8O.3H2O.2Ti/c1-3(2)4;;;;;/h3-4H,1-2H3;3*1H2;;. The summed E-state index contributed by atoms with van der Waals surface area (Å²) >= 11 is 0. The minimum Gasteiger partial charge on any atom is -0.412 e. The summed E-state index contributed by atoms with van der Waals surface area (Å²) in [5.74, 6) is 0. The van der Waals surface area contributed by atoms with Crippen LogP contribution in [-0.4, -0.2) is 27.6 Å². The zero-order valence-corrected chi connectivity index (χ0v) is 8.65. The van der Waals surface area contributed by atoms with Gasteiger partial charge in [-0.2, -0.15) is 0 Å². The normalized spacial score (nSPS) is 4.00. The first-order valence-electron chi connectivity index (χ1n) is 1.41. The van der Waals surface area contributed by atoms with E-state index in [1.54, 1.807) is 13.8 Å². The minimum atomic E-state index is -0.167. The van der Waals surface area contributed by atoms with Crippen LogP contribution in [0.4, 0.5) is 0 Å². The molecule has 4 nitrogen and oxygen atoms in total. The summed E-state index contributed by atoms with van der Waals surface area (Å²) < 4.78 is 0. The third-order valence-electron chi connectivity index (χ3n) is 0. The van der Waals surface area contributed by atoms with E-state index in [4.69, 9.17) is 5.11 Å². The van der Waals surface area contributed by atoms with Crippen molar-refractivity contribution in [1.82, 2.24) is 0 Å². The Hall–Kier alpha value is 1.27. The summed E-state index contributed by atoms with van der Waals surface area (Å²) in [5.41, 5.74) is 0. The average Bonchev–Trinajstić information content (AvgIpc) is 0.811.